The predicted octanol–water partition coefficient (Wildman–Crippen LogP) is 1.95. The molecule has 5 heteroatoms. The lowest BCUT2D eigenvalue weighted by Gasteiger charge is -1.95. The molecule has 1 aromatic heterocycles. The van der Waals surface area contributed by atoms with Gasteiger partial charge in [0, 0.05) is 15.8 Å². The number of nitro groups is 1. The van der Waals surface area contributed by atoms with E-state index in [1.165, 1.54) is 0 Å². The lowest BCUT2D eigenvalue weighted by atomic mass is 10.3. The van der Waals surface area contributed by atoms with Crippen molar-refractivity contribution in [3.8, 4) is 0 Å². The summed E-state index contributed by atoms with van der Waals surface area (Å²) in [5, 5.41) is 9.94. The molecule has 4 nitrogen and oxygen atoms in total. The molecule has 0 saturated heterocycles. The molecule has 1 heterocycles. The van der Waals surface area contributed by atoms with Crippen molar-refractivity contribution in [1.29, 1.82) is 0 Å². The Kier molecular flexibility index (Phi) is 0.900. The summed E-state index contributed by atoms with van der Waals surface area (Å²) in [5.41, 5.74) is -1.80. The van der Waals surface area contributed by atoms with Gasteiger partial charge in [-0.15, -0.1) is 0 Å². The maximum absolute atomic E-state index is 10.6. The van der Waals surface area contributed by atoms with E-state index in [1.54, 1.807) is 0 Å². The van der Waals surface area contributed by atoms with E-state index < -0.39 is 40.4 Å². The largest absolute Gasteiger partial charge is 0.309 e. The molecule has 0 saturated carbocycles. The number of hydrogen-bond donors (Lipinski definition) is 0. The highest BCUT2D eigenvalue weighted by Gasteiger charge is 2.15. The standard InChI is InChI=1S/C6H5ClN2O2/c1-4-2-3-8-6(7)5(4)9(10)11/h2-3H,1H3/i1D3,2D,3D. The Balaban J connectivity index is 3.72. The fourth-order valence-corrected chi connectivity index (χ4v) is 0.721. The van der Waals surface area contributed by atoms with Gasteiger partial charge in [0.15, 0.2) is 0 Å². The first kappa shape index (κ1) is 3.49. The van der Waals surface area contributed by atoms with E-state index in [0.717, 1.165) is 0 Å². The van der Waals surface area contributed by atoms with Crippen LogP contribution in [0.25, 0.3) is 0 Å². The molecule has 1 aromatic rings. The monoisotopic (exact) mass is 177 g/mol. The van der Waals surface area contributed by atoms with Crippen LogP contribution in [0.3, 0.4) is 0 Å². The first-order chi connectivity index (χ1) is 7.16. The first-order valence-corrected chi connectivity index (χ1v) is 2.85. The Labute approximate surface area is 75.0 Å². The predicted molar refractivity (Wildman–Crippen MR) is 40.6 cm³/mol. The van der Waals surface area contributed by atoms with Crippen LogP contribution in [-0.2, 0) is 0 Å². The van der Waals surface area contributed by atoms with E-state index in [9.17, 15) is 10.1 Å². The second-order valence-corrected chi connectivity index (χ2v) is 1.98. The minimum absolute atomic E-state index is 0.697. The van der Waals surface area contributed by atoms with E-state index in [0.29, 0.717) is 0 Å². The van der Waals surface area contributed by atoms with Gasteiger partial charge in [-0.2, -0.15) is 0 Å². The number of nitrogens with zero attached hydrogens (tertiary/aromatic N) is 2. The summed E-state index contributed by atoms with van der Waals surface area (Å²) in [5.74, 6) is 0. The quantitative estimate of drug-likeness (QED) is 0.374. The smallest absolute Gasteiger partial charge is 0.258 e. The summed E-state index contributed by atoms with van der Waals surface area (Å²) in [6, 6.07) is -0.809. The van der Waals surface area contributed by atoms with E-state index in [1.807, 2.05) is 0 Å². The van der Waals surface area contributed by atoms with Crippen LogP contribution >= 0.6 is 11.6 Å². The highest BCUT2D eigenvalue weighted by Crippen LogP contribution is 2.24. The SMILES string of the molecule is [2H]c1nc(Cl)c([N+](=O)[O-])c(C([2H])([2H])[2H])c1[2H]. The van der Waals surface area contributed by atoms with Gasteiger partial charge in [0.2, 0.25) is 5.15 Å². The Bertz CT molecular complexity index is 461. The maximum Gasteiger partial charge on any atom is 0.309 e. The van der Waals surface area contributed by atoms with Crippen LogP contribution in [0, 0.1) is 17.0 Å². The molecule has 0 atom stereocenters. The second-order valence-electron chi connectivity index (χ2n) is 1.62. The van der Waals surface area contributed by atoms with Gasteiger partial charge in [-0.1, -0.05) is 11.6 Å². The lowest BCUT2D eigenvalue weighted by molar-refractivity contribution is -0.385. The van der Waals surface area contributed by atoms with Crippen LogP contribution in [0.4, 0.5) is 5.69 Å². The molecule has 0 N–H and O–H groups in total. The minimum Gasteiger partial charge on any atom is -0.258 e. The topological polar surface area (TPSA) is 56.0 Å². The molecule has 0 aliphatic heterocycles. The zero-order valence-corrected chi connectivity index (χ0v) is 5.84. The molecule has 0 aromatic carbocycles. The van der Waals surface area contributed by atoms with E-state index >= 15 is 0 Å². The van der Waals surface area contributed by atoms with Crippen LogP contribution in [0.1, 0.15) is 12.4 Å². The molecule has 0 amide bonds. The number of halogens is 1. The average Bonchev–Trinajstić information content (AvgIpc) is 2.07. The van der Waals surface area contributed by atoms with Crippen molar-refractivity contribution in [3.63, 3.8) is 0 Å². The number of aromatic nitrogens is 1. The molecular weight excluding hydrogens is 168 g/mol. The fraction of sp³-hybridized carbons (Fsp3) is 0.167. The third-order valence-corrected chi connectivity index (χ3v) is 1.21. The fourth-order valence-electron chi connectivity index (χ4n) is 0.515. The van der Waals surface area contributed by atoms with Gasteiger partial charge in [0.1, 0.15) is 0 Å². The first-order valence-electron chi connectivity index (χ1n) is 4.97. The molecule has 0 spiro atoms. The van der Waals surface area contributed by atoms with Gasteiger partial charge in [-0.25, -0.2) is 4.98 Å². The van der Waals surface area contributed by atoms with Crippen molar-refractivity contribution in [1.82, 2.24) is 4.98 Å². The van der Waals surface area contributed by atoms with Crippen molar-refractivity contribution in [2.75, 3.05) is 0 Å². The molecular formula is C6H5ClN2O2. The Hall–Kier alpha value is -1.16. The van der Waals surface area contributed by atoms with E-state index in [2.05, 4.69) is 4.98 Å². The number of hydrogen-bond acceptors (Lipinski definition) is 3. The van der Waals surface area contributed by atoms with Crippen LogP contribution in [-0.4, -0.2) is 9.91 Å². The van der Waals surface area contributed by atoms with Crippen molar-refractivity contribution in [3.05, 3.63) is 33.0 Å². The van der Waals surface area contributed by atoms with Gasteiger partial charge < -0.3 is 0 Å². The van der Waals surface area contributed by atoms with Gasteiger partial charge in [0.05, 0.1) is 7.66 Å². The van der Waals surface area contributed by atoms with Gasteiger partial charge >= 0.3 is 5.69 Å². The summed E-state index contributed by atoms with van der Waals surface area (Å²) >= 11 is 5.40. The molecule has 58 valence electrons. The zero-order valence-electron chi connectivity index (χ0n) is 10.1. The minimum atomic E-state index is -2.89. The maximum atomic E-state index is 10.6. The second kappa shape index (κ2) is 2.84. The normalized spacial score (nSPS) is 17.4. The van der Waals surface area contributed by atoms with E-state index in [4.69, 9.17) is 18.5 Å². The van der Waals surface area contributed by atoms with Crippen LogP contribution < -0.4 is 0 Å². The summed E-state index contributed by atoms with van der Waals surface area (Å²) in [6.45, 7) is -2.89. The third-order valence-electron chi connectivity index (χ3n) is 0.950. The number of rotatable bonds is 1. The Morgan fingerprint density at radius 1 is 2.00 bits per heavy atom. The summed E-state index contributed by atoms with van der Waals surface area (Å²) < 4.78 is 35.7. The molecule has 0 radical (unpaired) electrons. The molecule has 0 unspecified atom stereocenters. The summed E-state index contributed by atoms with van der Waals surface area (Å²) in [7, 11) is 0. The highest BCUT2D eigenvalue weighted by molar-refractivity contribution is 6.31. The Morgan fingerprint density at radius 3 is 3.27 bits per heavy atom. The van der Waals surface area contributed by atoms with Crippen LogP contribution in [0.5, 0.6) is 0 Å². The molecule has 1 rings (SSSR count). The third kappa shape index (κ3) is 1.46. The van der Waals surface area contributed by atoms with Gasteiger partial charge in [-0.3, -0.25) is 10.1 Å². The highest BCUT2D eigenvalue weighted by atomic mass is 35.5. The molecule has 0 aliphatic carbocycles. The van der Waals surface area contributed by atoms with Crippen molar-refractivity contribution >= 4 is 17.3 Å². The van der Waals surface area contributed by atoms with Crippen LogP contribution in [0.15, 0.2) is 12.2 Å². The summed E-state index contributed by atoms with van der Waals surface area (Å²) in [6.07, 6.45) is -0.707. The van der Waals surface area contributed by atoms with Crippen molar-refractivity contribution < 1.29 is 11.8 Å². The van der Waals surface area contributed by atoms with Crippen LogP contribution in [0.2, 0.25) is 5.15 Å². The van der Waals surface area contributed by atoms with Crippen molar-refractivity contribution in [2.24, 2.45) is 0 Å². The molecule has 0 aliphatic rings. The van der Waals surface area contributed by atoms with Gasteiger partial charge in [-0.05, 0) is 12.9 Å². The van der Waals surface area contributed by atoms with Crippen molar-refractivity contribution in [2.45, 2.75) is 6.85 Å². The molecule has 0 bridgehead atoms. The van der Waals surface area contributed by atoms with E-state index in [-0.39, 0.29) is 0 Å². The van der Waals surface area contributed by atoms with Gasteiger partial charge in [0.25, 0.3) is 0 Å². The average molecular weight is 178 g/mol. The lowest BCUT2D eigenvalue weighted by Crippen LogP contribution is -1.93. The molecule has 11 heavy (non-hydrogen) atoms. The zero-order chi connectivity index (χ0) is 12.7. The number of pyridine rings is 1. The summed E-state index contributed by atoms with van der Waals surface area (Å²) in [4.78, 5) is 12.8. The Morgan fingerprint density at radius 2 is 2.73 bits per heavy atom. The molecule has 0 fully saturated rings.